The zero-order chi connectivity index (χ0) is 23.3. The molecule has 0 aliphatic heterocycles. The van der Waals surface area contributed by atoms with Gasteiger partial charge in [-0.25, -0.2) is 23.7 Å². The van der Waals surface area contributed by atoms with E-state index in [2.05, 4.69) is 37.4 Å². The molecule has 6 nitrogen and oxygen atoms in total. The summed E-state index contributed by atoms with van der Waals surface area (Å²) in [6, 6.07) is 3.59. The molecule has 0 atom stereocenters. The molecule has 0 radical (unpaired) electrons. The molecule has 0 amide bonds. The Hall–Kier alpha value is -3.05. The number of aromatic nitrogens is 2. The average Bonchev–Trinajstić information content (AvgIpc) is 2.70. The van der Waals surface area contributed by atoms with E-state index < -0.39 is 17.3 Å². The van der Waals surface area contributed by atoms with Crippen LogP contribution in [0.4, 0.5) is 26.1 Å². The van der Waals surface area contributed by atoms with Crippen LogP contribution >= 0.6 is 0 Å². The van der Waals surface area contributed by atoms with Crippen molar-refractivity contribution in [2.24, 2.45) is 10.9 Å². The van der Waals surface area contributed by atoms with Crippen LogP contribution in [0.1, 0.15) is 52.1 Å². The largest absolute Gasteiger partial charge is 0.393 e. The maximum Gasteiger partial charge on any atom is 0.223 e. The number of aliphatic hydroxyl groups is 1. The second kappa shape index (κ2) is 10.0. The van der Waals surface area contributed by atoms with Crippen molar-refractivity contribution in [1.29, 1.82) is 0 Å². The van der Waals surface area contributed by atoms with Crippen molar-refractivity contribution < 1.29 is 13.9 Å². The minimum absolute atomic E-state index is 0.0894. The summed E-state index contributed by atoms with van der Waals surface area (Å²) < 4.78 is 28.4. The van der Waals surface area contributed by atoms with Gasteiger partial charge in [-0.3, -0.25) is 0 Å². The van der Waals surface area contributed by atoms with Gasteiger partial charge in [0, 0.05) is 11.5 Å². The molecule has 0 bridgehead atoms. The highest BCUT2D eigenvalue weighted by atomic mass is 19.1. The Bertz CT molecular complexity index is 1020. The third-order valence-electron chi connectivity index (χ3n) is 4.97. The molecular formula is C24H29F2N5O. The van der Waals surface area contributed by atoms with Gasteiger partial charge in [0.15, 0.2) is 17.5 Å². The first-order valence-electron chi connectivity index (χ1n) is 10.7. The molecule has 170 valence electrons. The van der Waals surface area contributed by atoms with Crippen LogP contribution in [0.3, 0.4) is 0 Å². The van der Waals surface area contributed by atoms with E-state index in [1.54, 1.807) is 13.1 Å². The average molecular weight is 442 g/mol. The van der Waals surface area contributed by atoms with Gasteiger partial charge in [0.05, 0.1) is 23.7 Å². The van der Waals surface area contributed by atoms with Crippen LogP contribution in [0.2, 0.25) is 0 Å². The summed E-state index contributed by atoms with van der Waals surface area (Å²) in [7, 11) is 0. The van der Waals surface area contributed by atoms with Gasteiger partial charge in [0.2, 0.25) is 5.95 Å². The Labute approximate surface area is 187 Å². The number of aliphatic imine (C=N–C) groups is 1. The van der Waals surface area contributed by atoms with Crippen LogP contribution in [0.15, 0.2) is 29.4 Å². The SMILES string of the molecule is Cc1nc(NC(C)(C)C)ncc1NC(C#CC1CCC(O)CC1)=Nc1c(F)cccc1F. The number of nitrogens with zero attached hydrogens (tertiary/aromatic N) is 3. The summed E-state index contributed by atoms with van der Waals surface area (Å²) in [4.78, 5) is 12.9. The highest BCUT2D eigenvalue weighted by molar-refractivity contribution is 6.09. The number of nitrogens with one attached hydrogen (secondary N) is 2. The number of halogens is 2. The van der Waals surface area contributed by atoms with Crippen LogP contribution in [-0.2, 0) is 0 Å². The Morgan fingerprint density at radius 2 is 1.81 bits per heavy atom. The topological polar surface area (TPSA) is 82.4 Å². The minimum Gasteiger partial charge on any atom is -0.393 e. The van der Waals surface area contributed by atoms with Crippen molar-refractivity contribution in [2.75, 3.05) is 10.6 Å². The molecule has 1 aliphatic carbocycles. The number of hydrogen-bond donors (Lipinski definition) is 3. The lowest BCUT2D eigenvalue weighted by atomic mass is 9.88. The molecule has 0 saturated heterocycles. The van der Waals surface area contributed by atoms with E-state index >= 15 is 0 Å². The Morgan fingerprint density at radius 3 is 2.41 bits per heavy atom. The lowest BCUT2D eigenvalue weighted by molar-refractivity contribution is 0.119. The van der Waals surface area contributed by atoms with Crippen molar-refractivity contribution >= 4 is 23.2 Å². The number of hydrogen-bond acceptors (Lipinski definition) is 5. The molecule has 8 heteroatoms. The van der Waals surface area contributed by atoms with Gasteiger partial charge in [-0.1, -0.05) is 12.0 Å². The predicted molar refractivity (Wildman–Crippen MR) is 123 cm³/mol. The third-order valence-corrected chi connectivity index (χ3v) is 4.97. The second-order valence-corrected chi connectivity index (χ2v) is 9.00. The van der Waals surface area contributed by atoms with Gasteiger partial charge in [0.25, 0.3) is 0 Å². The lowest BCUT2D eigenvalue weighted by Gasteiger charge is -2.21. The molecule has 3 N–H and O–H groups in total. The number of benzene rings is 1. The molecule has 32 heavy (non-hydrogen) atoms. The van der Waals surface area contributed by atoms with Crippen LogP contribution in [0.5, 0.6) is 0 Å². The Morgan fingerprint density at radius 1 is 1.16 bits per heavy atom. The third kappa shape index (κ3) is 6.72. The summed E-state index contributed by atoms with van der Waals surface area (Å²) in [6.45, 7) is 7.82. The summed E-state index contributed by atoms with van der Waals surface area (Å²) in [5.41, 5.74) is 0.562. The number of aryl methyl sites for hydroxylation is 1. The first kappa shape index (κ1) is 23.6. The molecule has 1 saturated carbocycles. The molecule has 1 fully saturated rings. The highest BCUT2D eigenvalue weighted by Gasteiger charge is 2.18. The minimum atomic E-state index is -0.774. The van der Waals surface area contributed by atoms with Gasteiger partial charge in [-0.05, 0) is 71.4 Å². The van der Waals surface area contributed by atoms with E-state index in [-0.39, 0.29) is 23.4 Å². The molecule has 0 spiro atoms. The van der Waals surface area contributed by atoms with Gasteiger partial charge in [-0.2, -0.15) is 0 Å². The fourth-order valence-corrected chi connectivity index (χ4v) is 3.30. The summed E-state index contributed by atoms with van der Waals surface area (Å²) >= 11 is 0. The van der Waals surface area contributed by atoms with E-state index in [9.17, 15) is 13.9 Å². The molecule has 1 aliphatic rings. The molecule has 1 aromatic carbocycles. The van der Waals surface area contributed by atoms with E-state index in [0.717, 1.165) is 25.0 Å². The number of aliphatic hydroxyl groups excluding tert-OH is 1. The second-order valence-electron chi connectivity index (χ2n) is 9.00. The number of para-hydroxylation sites is 1. The number of rotatable bonds is 3. The van der Waals surface area contributed by atoms with Crippen LogP contribution in [0, 0.1) is 36.3 Å². The van der Waals surface area contributed by atoms with E-state index in [0.29, 0.717) is 30.2 Å². The molecular weight excluding hydrogens is 412 g/mol. The monoisotopic (exact) mass is 441 g/mol. The van der Waals surface area contributed by atoms with Gasteiger partial charge in [-0.15, -0.1) is 0 Å². The fraction of sp³-hybridized carbons (Fsp3) is 0.458. The van der Waals surface area contributed by atoms with E-state index in [1.807, 2.05) is 20.8 Å². The zero-order valence-corrected chi connectivity index (χ0v) is 18.8. The Kier molecular flexibility index (Phi) is 7.41. The maximum atomic E-state index is 14.2. The lowest BCUT2D eigenvalue weighted by Crippen LogP contribution is -2.27. The van der Waals surface area contributed by atoms with E-state index in [4.69, 9.17) is 0 Å². The van der Waals surface area contributed by atoms with Crippen molar-refractivity contribution in [1.82, 2.24) is 9.97 Å². The quantitative estimate of drug-likeness (QED) is 0.356. The van der Waals surface area contributed by atoms with Gasteiger partial charge < -0.3 is 15.7 Å². The maximum absolute atomic E-state index is 14.2. The standard InChI is InChI=1S/C24H29F2N5O/c1-15-20(14-27-23(28-15)31-24(2,3)4)29-21(13-10-16-8-11-17(32)12-9-16)30-22-18(25)6-5-7-19(22)26/h5-7,14,16-17,32H,8-9,11-12H2,1-4H3,(H,29,30)(H,27,28,31). The molecule has 2 aromatic rings. The summed E-state index contributed by atoms with van der Waals surface area (Å²) in [5.74, 6) is 5.19. The van der Waals surface area contributed by atoms with E-state index in [1.165, 1.54) is 6.07 Å². The molecule has 1 aromatic heterocycles. The van der Waals surface area contributed by atoms with Crippen molar-refractivity contribution in [3.63, 3.8) is 0 Å². The van der Waals surface area contributed by atoms with Crippen molar-refractivity contribution in [3.8, 4) is 11.8 Å². The normalized spacial score (nSPS) is 19.2. The highest BCUT2D eigenvalue weighted by Crippen LogP contribution is 2.25. The Balaban J connectivity index is 1.90. The predicted octanol–water partition coefficient (Wildman–Crippen LogP) is 4.97. The number of anilines is 2. The summed E-state index contributed by atoms with van der Waals surface area (Å²) in [5, 5.41) is 15.9. The van der Waals surface area contributed by atoms with Crippen LogP contribution < -0.4 is 10.6 Å². The zero-order valence-electron chi connectivity index (χ0n) is 18.8. The van der Waals surface area contributed by atoms with Crippen LogP contribution in [0.25, 0.3) is 0 Å². The van der Waals surface area contributed by atoms with Crippen molar-refractivity contribution in [2.45, 2.75) is 65.0 Å². The van der Waals surface area contributed by atoms with Crippen LogP contribution in [-0.4, -0.2) is 32.6 Å². The smallest absolute Gasteiger partial charge is 0.223 e. The summed E-state index contributed by atoms with van der Waals surface area (Å²) in [6.07, 6.45) is 4.22. The van der Waals surface area contributed by atoms with Gasteiger partial charge >= 0.3 is 0 Å². The molecule has 1 heterocycles. The fourth-order valence-electron chi connectivity index (χ4n) is 3.30. The first-order valence-corrected chi connectivity index (χ1v) is 10.7. The molecule has 3 rings (SSSR count). The molecule has 0 unspecified atom stereocenters. The van der Waals surface area contributed by atoms with Crippen molar-refractivity contribution in [3.05, 3.63) is 41.7 Å². The van der Waals surface area contributed by atoms with Gasteiger partial charge in [0.1, 0.15) is 5.69 Å². The number of amidine groups is 1. The first-order chi connectivity index (χ1) is 15.1.